The lowest BCUT2D eigenvalue weighted by molar-refractivity contribution is 0.389. The maximum Gasteiger partial charge on any atom is 0.132 e. The Morgan fingerprint density at radius 1 is 1.24 bits per heavy atom. The first-order chi connectivity index (χ1) is 8.01. The van der Waals surface area contributed by atoms with Crippen molar-refractivity contribution in [2.24, 2.45) is 5.41 Å². The molecule has 0 atom stereocenters. The highest BCUT2D eigenvalue weighted by atomic mass is 15.1. The van der Waals surface area contributed by atoms with Gasteiger partial charge in [-0.2, -0.15) is 5.26 Å². The first-order valence-electron chi connectivity index (χ1n) is 5.68. The summed E-state index contributed by atoms with van der Waals surface area (Å²) in [6.45, 7) is 7.73. The fraction of sp³-hybridized carbons (Fsp3) is 0.583. The fourth-order valence-corrected chi connectivity index (χ4v) is 1.25. The standard InChI is InChI=1S/C12H19N5/c1-12(2,3)4-6-14-10-8-11(15-7-5-13)17-9-16-10/h8-9H,4,6-7H2,1-3H3,(H2,14,15,16,17). The molecule has 2 N–H and O–H groups in total. The summed E-state index contributed by atoms with van der Waals surface area (Å²) in [4.78, 5) is 8.14. The molecule has 0 saturated carbocycles. The molecule has 0 spiro atoms. The molecule has 1 heterocycles. The van der Waals surface area contributed by atoms with Gasteiger partial charge in [0.15, 0.2) is 0 Å². The molecule has 17 heavy (non-hydrogen) atoms. The molecule has 5 heteroatoms. The molecule has 92 valence electrons. The van der Waals surface area contributed by atoms with Crippen LogP contribution in [0.3, 0.4) is 0 Å². The van der Waals surface area contributed by atoms with Crippen molar-refractivity contribution in [2.45, 2.75) is 27.2 Å². The monoisotopic (exact) mass is 233 g/mol. The number of nitriles is 1. The van der Waals surface area contributed by atoms with Gasteiger partial charge in [-0.3, -0.25) is 0 Å². The second-order valence-corrected chi connectivity index (χ2v) is 5.04. The number of nitrogens with zero attached hydrogens (tertiary/aromatic N) is 3. The van der Waals surface area contributed by atoms with E-state index in [1.54, 1.807) is 6.07 Å². The van der Waals surface area contributed by atoms with Gasteiger partial charge in [0.2, 0.25) is 0 Å². The normalized spacial score (nSPS) is 10.7. The van der Waals surface area contributed by atoms with Crippen LogP contribution >= 0.6 is 0 Å². The van der Waals surface area contributed by atoms with Gasteiger partial charge in [-0.15, -0.1) is 0 Å². The molecular formula is C12H19N5. The van der Waals surface area contributed by atoms with Crippen LogP contribution in [0.4, 0.5) is 11.6 Å². The average Bonchev–Trinajstić information content (AvgIpc) is 2.25. The second-order valence-electron chi connectivity index (χ2n) is 5.04. The molecule has 0 unspecified atom stereocenters. The first-order valence-corrected chi connectivity index (χ1v) is 5.68. The van der Waals surface area contributed by atoms with Gasteiger partial charge in [0.05, 0.1) is 6.07 Å². The molecular weight excluding hydrogens is 214 g/mol. The summed E-state index contributed by atoms with van der Waals surface area (Å²) in [6.07, 6.45) is 2.55. The van der Waals surface area contributed by atoms with Crippen molar-refractivity contribution < 1.29 is 0 Å². The van der Waals surface area contributed by atoms with Gasteiger partial charge in [-0.1, -0.05) is 20.8 Å². The number of nitrogens with one attached hydrogen (secondary N) is 2. The van der Waals surface area contributed by atoms with E-state index in [2.05, 4.69) is 41.4 Å². The molecule has 0 aromatic carbocycles. The molecule has 0 bridgehead atoms. The van der Waals surface area contributed by atoms with E-state index in [9.17, 15) is 0 Å². The Balaban J connectivity index is 2.46. The minimum Gasteiger partial charge on any atom is -0.370 e. The fourth-order valence-electron chi connectivity index (χ4n) is 1.25. The Hall–Kier alpha value is -1.83. The summed E-state index contributed by atoms with van der Waals surface area (Å²) in [5.41, 5.74) is 0.307. The molecule has 0 fully saturated rings. The van der Waals surface area contributed by atoms with Crippen LogP contribution in [0.15, 0.2) is 12.4 Å². The summed E-state index contributed by atoms with van der Waals surface area (Å²) >= 11 is 0. The highest BCUT2D eigenvalue weighted by Crippen LogP contribution is 2.18. The third-order valence-electron chi connectivity index (χ3n) is 2.20. The van der Waals surface area contributed by atoms with E-state index in [1.807, 2.05) is 6.07 Å². The van der Waals surface area contributed by atoms with Crippen molar-refractivity contribution in [3.63, 3.8) is 0 Å². The summed E-state index contributed by atoms with van der Waals surface area (Å²) < 4.78 is 0. The summed E-state index contributed by atoms with van der Waals surface area (Å²) in [5.74, 6) is 1.45. The molecule has 1 rings (SSSR count). The van der Waals surface area contributed by atoms with E-state index in [1.165, 1.54) is 6.33 Å². The third-order valence-corrected chi connectivity index (χ3v) is 2.20. The number of aromatic nitrogens is 2. The van der Waals surface area contributed by atoms with E-state index >= 15 is 0 Å². The molecule has 0 aliphatic carbocycles. The van der Waals surface area contributed by atoms with Gasteiger partial charge in [-0.25, -0.2) is 9.97 Å². The van der Waals surface area contributed by atoms with Gasteiger partial charge in [-0.05, 0) is 11.8 Å². The molecule has 1 aromatic heterocycles. The zero-order valence-electron chi connectivity index (χ0n) is 10.6. The number of hydrogen-bond donors (Lipinski definition) is 2. The van der Waals surface area contributed by atoms with E-state index in [4.69, 9.17) is 5.26 Å². The SMILES string of the molecule is CC(C)(C)CCNc1cc(NCC#N)ncn1. The Labute approximate surface area is 102 Å². The van der Waals surface area contributed by atoms with Gasteiger partial charge >= 0.3 is 0 Å². The molecule has 0 radical (unpaired) electrons. The second kappa shape index (κ2) is 6.04. The van der Waals surface area contributed by atoms with Crippen LogP contribution in [0, 0.1) is 16.7 Å². The topological polar surface area (TPSA) is 73.6 Å². The largest absolute Gasteiger partial charge is 0.370 e. The molecule has 0 saturated heterocycles. The van der Waals surface area contributed by atoms with Crippen molar-refractivity contribution >= 4 is 11.6 Å². The lowest BCUT2D eigenvalue weighted by atomic mass is 9.92. The van der Waals surface area contributed by atoms with Crippen LogP contribution in [0.1, 0.15) is 27.2 Å². The summed E-state index contributed by atoms with van der Waals surface area (Å²) in [7, 11) is 0. The predicted octanol–water partition coefficient (Wildman–Crippen LogP) is 2.26. The van der Waals surface area contributed by atoms with Gasteiger partial charge < -0.3 is 10.6 Å². The van der Waals surface area contributed by atoms with Crippen molar-refractivity contribution in [1.82, 2.24) is 9.97 Å². The van der Waals surface area contributed by atoms with Crippen LogP contribution in [0.25, 0.3) is 0 Å². The van der Waals surface area contributed by atoms with E-state index < -0.39 is 0 Å². The van der Waals surface area contributed by atoms with Crippen molar-refractivity contribution in [3.05, 3.63) is 12.4 Å². The van der Waals surface area contributed by atoms with Gasteiger partial charge in [0.1, 0.15) is 24.5 Å². The maximum absolute atomic E-state index is 8.46. The van der Waals surface area contributed by atoms with Crippen LogP contribution in [-0.4, -0.2) is 23.1 Å². The highest BCUT2D eigenvalue weighted by Gasteiger charge is 2.09. The minimum atomic E-state index is 0.248. The van der Waals surface area contributed by atoms with Crippen LogP contribution in [0.5, 0.6) is 0 Å². The molecule has 0 amide bonds. The van der Waals surface area contributed by atoms with Crippen LogP contribution in [0.2, 0.25) is 0 Å². The number of hydrogen-bond acceptors (Lipinski definition) is 5. The quantitative estimate of drug-likeness (QED) is 0.763. The summed E-state index contributed by atoms with van der Waals surface area (Å²) in [5, 5.41) is 14.6. The first kappa shape index (κ1) is 13.2. The molecule has 5 nitrogen and oxygen atoms in total. The van der Waals surface area contributed by atoms with E-state index in [-0.39, 0.29) is 6.54 Å². The molecule has 1 aromatic rings. The van der Waals surface area contributed by atoms with E-state index in [0.29, 0.717) is 11.2 Å². The van der Waals surface area contributed by atoms with Crippen LogP contribution < -0.4 is 10.6 Å². The van der Waals surface area contributed by atoms with Gasteiger partial charge in [0, 0.05) is 12.6 Å². The predicted molar refractivity (Wildman–Crippen MR) is 68.7 cm³/mol. The lowest BCUT2D eigenvalue weighted by Crippen LogP contribution is -2.13. The number of anilines is 2. The van der Waals surface area contributed by atoms with Crippen molar-refractivity contribution in [2.75, 3.05) is 23.7 Å². The van der Waals surface area contributed by atoms with Gasteiger partial charge in [0.25, 0.3) is 0 Å². The summed E-state index contributed by atoms with van der Waals surface area (Å²) in [6, 6.07) is 3.81. The van der Waals surface area contributed by atoms with Crippen molar-refractivity contribution in [1.29, 1.82) is 5.26 Å². The third kappa shape index (κ3) is 5.71. The van der Waals surface area contributed by atoms with Crippen molar-refractivity contribution in [3.8, 4) is 6.07 Å². The lowest BCUT2D eigenvalue weighted by Gasteiger charge is -2.18. The molecule has 0 aliphatic rings. The Morgan fingerprint density at radius 2 is 1.88 bits per heavy atom. The zero-order valence-corrected chi connectivity index (χ0v) is 10.6. The average molecular weight is 233 g/mol. The maximum atomic E-state index is 8.46. The van der Waals surface area contributed by atoms with Crippen LogP contribution in [-0.2, 0) is 0 Å². The van der Waals surface area contributed by atoms with E-state index in [0.717, 1.165) is 18.8 Å². The zero-order chi connectivity index (χ0) is 12.7. The number of rotatable bonds is 5. The smallest absolute Gasteiger partial charge is 0.132 e. The highest BCUT2D eigenvalue weighted by molar-refractivity contribution is 5.46. The Bertz CT molecular complexity index is 389. The molecule has 0 aliphatic heterocycles. The minimum absolute atomic E-state index is 0.248. The Morgan fingerprint density at radius 3 is 2.47 bits per heavy atom. The Kier molecular flexibility index (Phi) is 4.70.